The molecule has 2 aromatic heterocycles. The molecule has 0 aliphatic heterocycles. The highest BCUT2D eigenvalue weighted by Crippen LogP contribution is 2.24. The highest BCUT2D eigenvalue weighted by Gasteiger charge is 2.04. The molecule has 5 nitrogen and oxygen atoms in total. The molecule has 0 unspecified atom stereocenters. The fraction of sp³-hybridized carbons (Fsp3) is 0. The zero-order valence-electron chi connectivity index (χ0n) is 11.2. The van der Waals surface area contributed by atoms with Gasteiger partial charge < -0.3 is 10.4 Å². The summed E-state index contributed by atoms with van der Waals surface area (Å²) in [5.41, 5.74) is 0.772. The zero-order valence-corrected chi connectivity index (χ0v) is 12.0. The minimum absolute atomic E-state index is 0.250. The number of carbonyl (C=O) groups is 1. The van der Waals surface area contributed by atoms with Crippen molar-refractivity contribution in [3.05, 3.63) is 59.8 Å². The summed E-state index contributed by atoms with van der Waals surface area (Å²) in [6.45, 7) is -0.250. The third-order valence-electron chi connectivity index (χ3n) is 2.72. The number of carboxylic acid groups (broad SMARTS) is 1. The van der Waals surface area contributed by atoms with Gasteiger partial charge in [-0.3, -0.25) is 4.79 Å². The lowest BCUT2D eigenvalue weighted by Crippen LogP contribution is -1.95. The molecular formula is C15H11ClFN3O2. The Morgan fingerprint density at radius 1 is 1.18 bits per heavy atom. The molecule has 0 fully saturated rings. The second-order valence-corrected chi connectivity index (χ2v) is 4.51. The van der Waals surface area contributed by atoms with Crippen LogP contribution in [0.25, 0.3) is 10.8 Å². The van der Waals surface area contributed by atoms with E-state index in [-0.39, 0.29) is 12.3 Å². The second kappa shape index (κ2) is 7.33. The van der Waals surface area contributed by atoms with Crippen LogP contribution in [-0.4, -0.2) is 21.5 Å². The van der Waals surface area contributed by atoms with Gasteiger partial charge in [-0.25, -0.2) is 14.4 Å². The monoisotopic (exact) mass is 319 g/mol. The Hall–Kier alpha value is -2.73. The highest BCUT2D eigenvalue weighted by atomic mass is 35.5. The number of rotatable bonds is 2. The fourth-order valence-electron chi connectivity index (χ4n) is 1.83. The normalized spacial score (nSPS) is 9.73. The van der Waals surface area contributed by atoms with Crippen molar-refractivity contribution in [2.75, 3.05) is 5.32 Å². The Bertz CT molecular complexity index is 781. The van der Waals surface area contributed by atoms with Gasteiger partial charge in [0.15, 0.2) is 0 Å². The highest BCUT2D eigenvalue weighted by molar-refractivity contribution is 6.29. The zero-order chi connectivity index (χ0) is 15.9. The maximum absolute atomic E-state index is 13.2. The van der Waals surface area contributed by atoms with Gasteiger partial charge in [-0.15, -0.1) is 0 Å². The van der Waals surface area contributed by atoms with Crippen LogP contribution in [0.4, 0.5) is 15.9 Å². The number of aromatic nitrogens is 2. The summed E-state index contributed by atoms with van der Waals surface area (Å²) in [4.78, 5) is 16.6. The van der Waals surface area contributed by atoms with Crippen LogP contribution >= 0.6 is 11.6 Å². The maximum atomic E-state index is 13.2. The maximum Gasteiger partial charge on any atom is 0.290 e. The van der Waals surface area contributed by atoms with Gasteiger partial charge in [0.1, 0.15) is 16.8 Å². The SMILES string of the molecule is Fc1ccc2c(Nc3ccc(Cl)nc3)nccc2c1.O=CO. The Kier molecular flexibility index (Phi) is 5.21. The molecular weight excluding hydrogens is 309 g/mol. The molecule has 0 amide bonds. The van der Waals surface area contributed by atoms with Crippen LogP contribution in [0.2, 0.25) is 5.15 Å². The summed E-state index contributed by atoms with van der Waals surface area (Å²) in [6.07, 6.45) is 3.25. The van der Waals surface area contributed by atoms with Crippen LogP contribution in [0, 0.1) is 5.82 Å². The minimum Gasteiger partial charge on any atom is -0.483 e. The molecule has 1 aromatic carbocycles. The minimum atomic E-state index is -0.266. The van der Waals surface area contributed by atoms with E-state index in [1.54, 1.807) is 36.7 Å². The van der Waals surface area contributed by atoms with Gasteiger partial charge in [0.05, 0.1) is 11.9 Å². The van der Waals surface area contributed by atoms with Crippen molar-refractivity contribution in [3.63, 3.8) is 0 Å². The van der Waals surface area contributed by atoms with E-state index in [2.05, 4.69) is 15.3 Å². The summed E-state index contributed by atoms with van der Waals surface area (Å²) < 4.78 is 13.2. The van der Waals surface area contributed by atoms with E-state index in [0.717, 1.165) is 16.5 Å². The van der Waals surface area contributed by atoms with E-state index >= 15 is 0 Å². The second-order valence-electron chi connectivity index (χ2n) is 4.13. The number of nitrogens with one attached hydrogen (secondary N) is 1. The van der Waals surface area contributed by atoms with Crippen LogP contribution in [0.5, 0.6) is 0 Å². The largest absolute Gasteiger partial charge is 0.483 e. The van der Waals surface area contributed by atoms with Crippen molar-refractivity contribution in [3.8, 4) is 0 Å². The Morgan fingerprint density at radius 3 is 2.64 bits per heavy atom. The molecule has 2 N–H and O–H groups in total. The van der Waals surface area contributed by atoms with Crippen LogP contribution < -0.4 is 5.32 Å². The van der Waals surface area contributed by atoms with Crippen LogP contribution in [0.15, 0.2) is 48.8 Å². The first-order chi connectivity index (χ1) is 10.6. The lowest BCUT2D eigenvalue weighted by molar-refractivity contribution is -0.122. The van der Waals surface area contributed by atoms with E-state index in [1.165, 1.54) is 12.1 Å². The lowest BCUT2D eigenvalue weighted by atomic mass is 10.1. The Morgan fingerprint density at radius 2 is 1.95 bits per heavy atom. The molecule has 0 radical (unpaired) electrons. The average Bonchev–Trinajstić information content (AvgIpc) is 2.50. The van der Waals surface area contributed by atoms with Gasteiger partial charge >= 0.3 is 0 Å². The number of nitrogens with zero attached hydrogens (tertiary/aromatic N) is 2. The summed E-state index contributed by atoms with van der Waals surface area (Å²) in [6, 6.07) is 9.85. The third-order valence-corrected chi connectivity index (χ3v) is 2.94. The van der Waals surface area contributed by atoms with Gasteiger partial charge in [-0.2, -0.15) is 0 Å². The van der Waals surface area contributed by atoms with Crippen LogP contribution in [0.3, 0.4) is 0 Å². The molecule has 22 heavy (non-hydrogen) atoms. The molecule has 0 atom stereocenters. The Labute approximate surface area is 130 Å². The van der Waals surface area contributed by atoms with E-state index in [1.807, 2.05) is 0 Å². The molecule has 112 valence electrons. The predicted molar refractivity (Wildman–Crippen MR) is 82.9 cm³/mol. The number of anilines is 2. The van der Waals surface area contributed by atoms with Crippen LogP contribution in [0.1, 0.15) is 0 Å². The number of fused-ring (bicyclic) bond motifs is 1. The van der Waals surface area contributed by atoms with Crippen LogP contribution in [-0.2, 0) is 4.79 Å². The van der Waals surface area contributed by atoms with Crippen molar-refractivity contribution < 1.29 is 14.3 Å². The molecule has 2 heterocycles. The molecule has 0 bridgehead atoms. The Balaban J connectivity index is 0.000000545. The topological polar surface area (TPSA) is 75.1 Å². The number of hydrogen-bond donors (Lipinski definition) is 2. The first-order valence-corrected chi connectivity index (χ1v) is 6.52. The molecule has 0 spiro atoms. The van der Waals surface area contributed by atoms with E-state index < -0.39 is 0 Å². The van der Waals surface area contributed by atoms with E-state index in [9.17, 15) is 4.39 Å². The van der Waals surface area contributed by atoms with Gasteiger partial charge in [0.25, 0.3) is 6.47 Å². The van der Waals surface area contributed by atoms with Crippen molar-refractivity contribution in [2.24, 2.45) is 0 Å². The molecule has 0 aliphatic carbocycles. The van der Waals surface area contributed by atoms with E-state index in [0.29, 0.717) is 11.0 Å². The smallest absolute Gasteiger partial charge is 0.290 e. The van der Waals surface area contributed by atoms with E-state index in [4.69, 9.17) is 21.5 Å². The number of halogens is 2. The van der Waals surface area contributed by atoms with Gasteiger partial charge in [-0.05, 0) is 41.8 Å². The molecule has 3 aromatic rings. The summed E-state index contributed by atoms with van der Waals surface area (Å²) in [5, 5.41) is 12.1. The summed E-state index contributed by atoms with van der Waals surface area (Å²) in [5.74, 6) is 0.388. The molecule has 0 saturated heterocycles. The molecule has 3 rings (SSSR count). The predicted octanol–water partition coefficient (Wildman–Crippen LogP) is 3.87. The number of hydrogen-bond acceptors (Lipinski definition) is 4. The molecule has 7 heteroatoms. The number of pyridine rings is 2. The van der Waals surface area contributed by atoms with Gasteiger partial charge in [-0.1, -0.05) is 11.6 Å². The first kappa shape index (κ1) is 15.7. The lowest BCUT2D eigenvalue weighted by Gasteiger charge is -2.08. The third kappa shape index (κ3) is 3.89. The van der Waals surface area contributed by atoms with Gasteiger partial charge in [0, 0.05) is 11.6 Å². The van der Waals surface area contributed by atoms with Crippen molar-refractivity contribution in [1.82, 2.24) is 9.97 Å². The van der Waals surface area contributed by atoms with Crippen molar-refractivity contribution in [1.29, 1.82) is 0 Å². The quantitative estimate of drug-likeness (QED) is 0.554. The van der Waals surface area contributed by atoms with Crippen molar-refractivity contribution >= 4 is 40.4 Å². The molecule has 0 aliphatic rings. The fourth-order valence-corrected chi connectivity index (χ4v) is 1.95. The average molecular weight is 320 g/mol. The number of benzene rings is 1. The summed E-state index contributed by atoms with van der Waals surface area (Å²) in [7, 11) is 0. The van der Waals surface area contributed by atoms with Crippen molar-refractivity contribution in [2.45, 2.75) is 0 Å². The first-order valence-electron chi connectivity index (χ1n) is 6.14. The summed E-state index contributed by atoms with van der Waals surface area (Å²) >= 11 is 5.73. The van der Waals surface area contributed by atoms with Gasteiger partial charge in [0.2, 0.25) is 0 Å². The standard InChI is InChI=1S/C14H9ClFN3.CH2O2/c15-13-4-2-11(8-18-13)19-14-12-3-1-10(16)7-9(12)5-6-17-14;2-1-3/h1-8H,(H,17,19);1H,(H,2,3). The molecule has 0 saturated carbocycles.